The van der Waals surface area contributed by atoms with Gasteiger partial charge in [0.05, 0.1) is 28.9 Å². The van der Waals surface area contributed by atoms with Crippen LogP contribution in [0.2, 0.25) is 0 Å². The smallest absolute Gasteiger partial charge is 0.190 e. The molecule has 126 valence electrons. The van der Waals surface area contributed by atoms with Crippen molar-refractivity contribution in [3.8, 4) is 10.6 Å². The minimum Gasteiger partial charge on any atom is -0.383 e. The van der Waals surface area contributed by atoms with Crippen molar-refractivity contribution < 1.29 is 4.74 Å². The first-order chi connectivity index (χ1) is 11.6. The highest BCUT2D eigenvalue weighted by atomic mass is 32.1. The highest BCUT2D eigenvalue weighted by Crippen LogP contribution is 2.29. The monoisotopic (exact) mass is 358 g/mol. The van der Waals surface area contributed by atoms with E-state index < -0.39 is 0 Å². The molecule has 0 spiro atoms. The zero-order valence-electron chi connectivity index (χ0n) is 14.4. The van der Waals surface area contributed by atoms with E-state index >= 15 is 0 Å². The fourth-order valence-corrected chi connectivity index (χ4v) is 4.63. The van der Waals surface area contributed by atoms with Gasteiger partial charge in [-0.05, 0) is 43.3 Å². The standard InChI is InChI=1S/C19H22N2OS2/c1-13-7-5-8-14(2)18(13)20-19-21(15(3)11-22-4)16(12-24-19)17-9-6-10-23-17/h5-10,12,15H,11H2,1-4H3. The van der Waals surface area contributed by atoms with E-state index in [1.807, 2.05) is 0 Å². The van der Waals surface area contributed by atoms with Crippen LogP contribution in [0, 0.1) is 13.8 Å². The van der Waals surface area contributed by atoms with Crippen LogP contribution in [0.4, 0.5) is 5.69 Å². The molecular weight excluding hydrogens is 336 g/mol. The third-order valence-electron chi connectivity index (χ3n) is 4.01. The molecule has 3 nitrogen and oxygen atoms in total. The second kappa shape index (κ2) is 7.47. The Morgan fingerprint density at radius 1 is 1.12 bits per heavy atom. The molecule has 1 aromatic carbocycles. The first-order valence-electron chi connectivity index (χ1n) is 7.95. The molecule has 0 aliphatic rings. The van der Waals surface area contributed by atoms with E-state index in [9.17, 15) is 0 Å². The second-order valence-electron chi connectivity index (χ2n) is 5.91. The summed E-state index contributed by atoms with van der Waals surface area (Å²) in [4.78, 5) is 7.28. The largest absolute Gasteiger partial charge is 0.383 e. The number of hydrogen-bond acceptors (Lipinski definition) is 4. The van der Waals surface area contributed by atoms with Crippen LogP contribution in [0.3, 0.4) is 0 Å². The molecule has 0 saturated heterocycles. The van der Waals surface area contributed by atoms with Crippen molar-refractivity contribution in [3.63, 3.8) is 0 Å². The molecule has 0 fully saturated rings. The number of aromatic nitrogens is 1. The minimum atomic E-state index is 0.224. The van der Waals surface area contributed by atoms with Crippen molar-refractivity contribution in [2.75, 3.05) is 13.7 Å². The summed E-state index contributed by atoms with van der Waals surface area (Å²) < 4.78 is 7.70. The Labute approximate surface area is 150 Å². The number of hydrogen-bond donors (Lipinski definition) is 0. The van der Waals surface area contributed by atoms with Gasteiger partial charge in [-0.25, -0.2) is 4.99 Å². The lowest BCUT2D eigenvalue weighted by Gasteiger charge is -2.16. The van der Waals surface area contributed by atoms with Gasteiger partial charge in [0.25, 0.3) is 0 Å². The van der Waals surface area contributed by atoms with E-state index in [1.165, 1.54) is 21.7 Å². The van der Waals surface area contributed by atoms with Crippen LogP contribution in [0.15, 0.2) is 46.1 Å². The maximum atomic E-state index is 5.40. The van der Waals surface area contributed by atoms with Gasteiger partial charge in [-0.15, -0.1) is 22.7 Å². The van der Waals surface area contributed by atoms with Crippen molar-refractivity contribution in [2.24, 2.45) is 4.99 Å². The van der Waals surface area contributed by atoms with E-state index in [0.717, 1.165) is 10.5 Å². The van der Waals surface area contributed by atoms with E-state index in [4.69, 9.17) is 9.73 Å². The number of benzene rings is 1. The topological polar surface area (TPSA) is 26.5 Å². The van der Waals surface area contributed by atoms with Crippen LogP contribution < -0.4 is 4.80 Å². The van der Waals surface area contributed by atoms with Crippen LogP contribution in [0.25, 0.3) is 10.6 Å². The molecule has 0 saturated carbocycles. The number of thiazole rings is 1. The summed E-state index contributed by atoms with van der Waals surface area (Å²) in [6.07, 6.45) is 0. The van der Waals surface area contributed by atoms with Crippen LogP contribution in [0.5, 0.6) is 0 Å². The Bertz CT molecular complexity index is 855. The molecule has 2 aromatic heterocycles. The van der Waals surface area contributed by atoms with Crippen molar-refractivity contribution in [2.45, 2.75) is 26.8 Å². The van der Waals surface area contributed by atoms with Gasteiger partial charge in [0, 0.05) is 12.5 Å². The molecule has 0 amide bonds. The van der Waals surface area contributed by atoms with Gasteiger partial charge in [-0.3, -0.25) is 0 Å². The van der Waals surface area contributed by atoms with E-state index in [0.29, 0.717) is 6.61 Å². The van der Waals surface area contributed by atoms with Crippen LogP contribution in [-0.2, 0) is 4.74 Å². The zero-order valence-corrected chi connectivity index (χ0v) is 16.1. The number of nitrogens with zero attached hydrogens (tertiary/aromatic N) is 2. The summed E-state index contributed by atoms with van der Waals surface area (Å²) in [6.45, 7) is 7.07. The van der Waals surface area contributed by atoms with Crippen molar-refractivity contribution in [3.05, 3.63) is 57.0 Å². The molecule has 0 bridgehead atoms. The van der Waals surface area contributed by atoms with Gasteiger partial charge in [-0.2, -0.15) is 0 Å². The molecule has 0 radical (unpaired) electrons. The molecular formula is C19H22N2OS2. The van der Waals surface area contributed by atoms with Crippen molar-refractivity contribution in [1.82, 2.24) is 4.57 Å². The first-order valence-corrected chi connectivity index (χ1v) is 9.71. The van der Waals surface area contributed by atoms with Crippen molar-refractivity contribution in [1.29, 1.82) is 0 Å². The molecule has 2 heterocycles. The van der Waals surface area contributed by atoms with Crippen LogP contribution >= 0.6 is 22.7 Å². The lowest BCUT2D eigenvalue weighted by atomic mass is 10.1. The summed E-state index contributed by atoms with van der Waals surface area (Å²) in [6, 6.07) is 10.8. The first kappa shape index (κ1) is 17.1. The molecule has 5 heteroatoms. The lowest BCUT2D eigenvalue weighted by molar-refractivity contribution is 0.162. The SMILES string of the molecule is COCC(C)n1c(-c2cccs2)csc1=Nc1c(C)cccc1C. The molecule has 1 unspecified atom stereocenters. The summed E-state index contributed by atoms with van der Waals surface area (Å²) in [5.74, 6) is 0. The van der Waals surface area contributed by atoms with E-state index in [-0.39, 0.29) is 6.04 Å². The quantitative estimate of drug-likeness (QED) is 0.605. The maximum absolute atomic E-state index is 5.40. The number of thiophene rings is 1. The molecule has 0 aliphatic carbocycles. The van der Waals surface area contributed by atoms with Gasteiger partial charge >= 0.3 is 0 Å². The average Bonchev–Trinajstić information content (AvgIpc) is 3.20. The fourth-order valence-electron chi connectivity index (χ4n) is 2.83. The number of para-hydroxylation sites is 1. The van der Waals surface area contributed by atoms with Crippen LogP contribution in [0.1, 0.15) is 24.1 Å². The van der Waals surface area contributed by atoms with Gasteiger partial charge in [0.2, 0.25) is 0 Å². The van der Waals surface area contributed by atoms with Gasteiger partial charge in [0.1, 0.15) is 0 Å². The summed E-state index contributed by atoms with van der Waals surface area (Å²) in [7, 11) is 1.75. The normalized spacial score (nSPS) is 13.4. The summed E-state index contributed by atoms with van der Waals surface area (Å²) in [5.41, 5.74) is 4.68. The van der Waals surface area contributed by atoms with Gasteiger partial charge in [0.15, 0.2) is 4.80 Å². The highest BCUT2D eigenvalue weighted by molar-refractivity contribution is 7.14. The second-order valence-corrected chi connectivity index (χ2v) is 7.69. The Kier molecular flexibility index (Phi) is 5.33. The molecule has 24 heavy (non-hydrogen) atoms. The van der Waals surface area contributed by atoms with E-state index in [2.05, 4.69) is 66.4 Å². The molecule has 1 atom stereocenters. The third-order valence-corrected chi connectivity index (χ3v) is 5.74. The third kappa shape index (κ3) is 3.38. The Morgan fingerprint density at radius 2 is 1.88 bits per heavy atom. The lowest BCUT2D eigenvalue weighted by Crippen LogP contribution is -2.22. The minimum absolute atomic E-state index is 0.224. The number of ether oxygens (including phenoxy) is 1. The molecule has 3 rings (SSSR count). The van der Waals surface area contributed by atoms with Gasteiger partial charge < -0.3 is 9.30 Å². The number of rotatable bonds is 5. The Hall–Kier alpha value is -1.69. The van der Waals surface area contributed by atoms with Crippen molar-refractivity contribution >= 4 is 28.4 Å². The predicted molar refractivity (Wildman–Crippen MR) is 103 cm³/mol. The van der Waals surface area contributed by atoms with Gasteiger partial charge in [-0.1, -0.05) is 24.3 Å². The summed E-state index contributed by atoms with van der Waals surface area (Å²) >= 11 is 3.44. The fraction of sp³-hybridized carbons (Fsp3) is 0.316. The number of aryl methyl sites for hydroxylation is 2. The van der Waals surface area contributed by atoms with Crippen LogP contribution in [-0.4, -0.2) is 18.3 Å². The number of methoxy groups -OCH3 is 1. The zero-order chi connectivity index (χ0) is 17.1. The average molecular weight is 359 g/mol. The Morgan fingerprint density at radius 3 is 2.50 bits per heavy atom. The summed E-state index contributed by atoms with van der Waals surface area (Å²) in [5, 5.41) is 4.31. The maximum Gasteiger partial charge on any atom is 0.190 e. The highest BCUT2D eigenvalue weighted by Gasteiger charge is 2.15. The Balaban J connectivity index is 2.20. The predicted octanol–water partition coefficient (Wildman–Crippen LogP) is 5.33. The molecule has 0 aliphatic heterocycles. The molecule has 0 N–H and O–H groups in total. The molecule has 3 aromatic rings. The van der Waals surface area contributed by atoms with E-state index in [1.54, 1.807) is 29.8 Å².